The Morgan fingerprint density at radius 1 is 1.48 bits per heavy atom. The van der Waals surface area contributed by atoms with Crippen LogP contribution in [0.15, 0.2) is 18.2 Å². The molecule has 5 heteroatoms. The van der Waals surface area contributed by atoms with Gasteiger partial charge in [0.25, 0.3) is 5.91 Å². The summed E-state index contributed by atoms with van der Waals surface area (Å²) in [6.07, 6.45) is 2.56. The van der Waals surface area contributed by atoms with E-state index in [0.29, 0.717) is 12.1 Å². The maximum atomic E-state index is 11.4. The van der Waals surface area contributed by atoms with Crippen molar-refractivity contribution in [3.05, 3.63) is 23.8 Å². The van der Waals surface area contributed by atoms with Gasteiger partial charge in [-0.1, -0.05) is 6.07 Å². The Balaban J connectivity index is 1.59. The van der Waals surface area contributed by atoms with Crippen molar-refractivity contribution in [1.82, 2.24) is 5.32 Å². The molecule has 0 bridgehead atoms. The highest BCUT2D eigenvalue weighted by Gasteiger charge is 2.30. The van der Waals surface area contributed by atoms with Crippen LogP contribution in [-0.4, -0.2) is 31.3 Å². The highest BCUT2D eigenvalue weighted by atomic mass is 16.5. The monoisotopic (exact) mass is 290 g/mol. The molecule has 0 aromatic heterocycles. The summed E-state index contributed by atoms with van der Waals surface area (Å²) in [4.78, 5) is 11.4. The van der Waals surface area contributed by atoms with Gasteiger partial charge in [0.05, 0.1) is 11.8 Å². The highest BCUT2D eigenvalue weighted by molar-refractivity contribution is 5.95. The molecule has 3 rings (SSSR count). The third-order valence-electron chi connectivity index (χ3n) is 4.12. The number of carbonyl (C=O) groups excluding carboxylic acids is 1. The van der Waals surface area contributed by atoms with Crippen molar-refractivity contribution in [3.8, 4) is 5.75 Å². The standard InChI is InChI=1S/C16H22N2O3/c1-3-20-13-7-12(8-13)17-10(2)11-4-5-15-14(6-11)18-16(19)9-21-15/h4-6,10,12-13,17H,3,7-9H2,1-2H3,(H,18,19). The fourth-order valence-electron chi connectivity index (χ4n) is 2.89. The van der Waals surface area contributed by atoms with Gasteiger partial charge in [-0.05, 0) is 44.4 Å². The second kappa shape index (κ2) is 6.03. The van der Waals surface area contributed by atoms with Crippen molar-refractivity contribution in [3.63, 3.8) is 0 Å². The zero-order valence-electron chi connectivity index (χ0n) is 12.5. The summed E-state index contributed by atoms with van der Waals surface area (Å²) in [6.45, 7) is 5.06. The van der Waals surface area contributed by atoms with E-state index in [0.717, 1.165) is 36.4 Å². The van der Waals surface area contributed by atoms with E-state index in [9.17, 15) is 4.79 Å². The SMILES string of the molecule is CCOC1CC(NC(C)c2ccc3c(c2)NC(=O)CO3)C1. The van der Waals surface area contributed by atoms with Crippen LogP contribution < -0.4 is 15.4 Å². The van der Waals surface area contributed by atoms with Gasteiger partial charge in [0, 0.05) is 18.7 Å². The van der Waals surface area contributed by atoms with Gasteiger partial charge in [-0.2, -0.15) is 0 Å². The summed E-state index contributed by atoms with van der Waals surface area (Å²) in [5.41, 5.74) is 1.91. The smallest absolute Gasteiger partial charge is 0.262 e. The van der Waals surface area contributed by atoms with Crippen LogP contribution in [0, 0.1) is 0 Å². The van der Waals surface area contributed by atoms with Crippen LogP contribution in [0.4, 0.5) is 5.69 Å². The Bertz CT molecular complexity index is 526. The van der Waals surface area contributed by atoms with Gasteiger partial charge in [-0.15, -0.1) is 0 Å². The van der Waals surface area contributed by atoms with Gasteiger partial charge in [0.15, 0.2) is 6.61 Å². The van der Waals surface area contributed by atoms with Crippen LogP contribution in [0.1, 0.15) is 38.3 Å². The first kappa shape index (κ1) is 14.4. The molecule has 1 aliphatic heterocycles. The lowest BCUT2D eigenvalue weighted by atomic mass is 9.88. The molecule has 1 aliphatic carbocycles. The Kier molecular flexibility index (Phi) is 4.12. The summed E-state index contributed by atoms with van der Waals surface area (Å²) >= 11 is 0. The largest absolute Gasteiger partial charge is 0.482 e. The van der Waals surface area contributed by atoms with E-state index < -0.39 is 0 Å². The van der Waals surface area contributed by atoms with Crippen molar-refractivity contribution in [2.75, 3.05) is 18.5 Å². The number of anilines is 1. The Hall–Kier alpha value is -1.59. The topological polar surface area (TPSA) is 59.6 Å². The number of nitrogens with one attached hydrogen (secondary N) is 2. The van der Waals surface area contributed by atoms with Crippen LogP contribution >= 0.6 is 0 Å². The number of hydrogen-bond donors (Lipinski definition) is 2. The predicted molar refractivity (Wildman–Crippen MR) is 80.6 cm³/mol. The minimum atomic E-state index is -0.0983. The Morgan fingerprint density at radius 3 is 3.05 bits per heavy atom. The van der Waals surface area contributed by atoms with Crippen molar-refractivity contribution < 1.29 is 14.3 Å². The van der Waals surface area contributed by atoms with Gasteiger partial charge in [-0.25, -0.2) is 0 Å². The van der Waals surface area contributed by atoms with Gasteiger partial charge in [0.2, 0.25) is 0 Å². The normalized spacial score (nSPS) is 25.3. The molecule has 2 N–H and O–H groups in total. The molecule has 1 aromatic carbocycles. The summed E-state index contributed by atoms with van der Waals surface area (Å²) < 4.78 is 11.0. The molecule has 2 aliphatic rings. The number of ether oxygens (including phenoxy) is 2. The molecule has 0 radical (unpaired) electrons. The molecule has 1 unspecified atom stereocenters. The van der Waals surface area contributed by atoms with E-state index in [-0.39, 0.29) is 18.6 Å². The molecule has 1 heterocycles. The van der Waals surface area contributed by atoms with E-state index in [4.69, 9.17) is 9.47 Å². The van der Waals surface area contributed by atoms with Gasteiger partial charge >= 0.3 is 0 Å². The number of carbonyl (C=O) groups is 1. The highest BCUT2D eigenvalue weighted by Crippen LogP contribution is 2.32. The van der Waals surface area contributed by atoms with Gasteiger partial charge in [-0.3, -0.25) is 4.79 Å². The minimum absolute atomic E-state index is 0.0983. The lowest BCUT2D eigenvalue weighted by molar-refractivity contribution is -0.118. The first-order valence-electron chi connectivity index (χ1n) is 7.60. The number of benzene rings is 1. The van der Waals surface area contributed by atoms with Gasteiger partial charge in [0.1, 0.15) is 5.75 Å². The minimum Gasteiger partial charge on any atom is -0.482 e. The molecule has 0 spiro atoms. The van der Waals surface area contributed by atoms with Crippen LogP contribution in [0.2, 0.25) is 0 Å². The molecular weight excluding hydrogens is 268 g/mol. The molecule has 5 nitrogen and oxygen atoms in total. The van der Waals surface area contributed by atoms with Crippen molar-refractivity contribution in [1.29, 1.82) is 0 Å². The van der Waals surface area contributed by atoms with E-state index in [1.54, 1.807) is 0 Å². The maximum Gasteiger partial charge on any atom is 0.262 e. The van der Waals surface area contributed by atoms with Crippen molar-refractivity contribution in [2.45, 2.75) is 44.9 Å². The molecule has 1 fully saturated rings. The number of rotatable bonds is 5. The zero-order chi connectivity index (χ0) is 14.8. The lowest BCUT2D eigenvalue weighted by Gasteiger charge is -2.37. The second-order valence-corrected chi connectivity index (χ2v) is 5.73. The van der Waals surface area contributed by atoms with Crippen molar-refractivity contribution in [2.24, 2.45) is 0 Å². The van der Waals surface area contributed by atoms with Crippen molar-refractivity contribution >= 4 is 11.6 Å². The van der Waals surface area contributed by atoms with Crippen LogP contribution in [0.3, 0.4) is 0 Å². The molecular formula is C16H22N2O3. The van der Waals surface area contributed by atoms with Crippen LogP contribution in [0.25, 0.3) is 0 Å². The maximum absolute atomic E-state index is 11.4. The number of hydrogen-bond acceptors (Lipinski definition) is 4. The fourth-order valence-corrected chi connectivity index (χ4v) is 2.89. The quantitative estimate of drug-likeness (QED) is 0.873. The van der Waals surface area contributed by atoms with Gasteiger partial charge < -0.3 is 20.1 Å². The third kappa shape index (κ3) is 3.19. The fraction of sp³-hybridized carbons (Fsp3) is 0.562. The zero-order valence-corrected chi connectivity index (χ0v) is 12.5. The first-order valence-corrected chi connectivity index (χ1v) is 7.60. The second-order valence-electron chi connectivity index (χ2n) is 5.73. The van der Waals surface area contributed by atoms with E-state index in [1.807, 2.05) is 25.1 Å². The molecule has 1 aromatic rings. The summed E-state index contributed by atoms with van der Waals surface area (Å²) in [7, 11) is 0. The average molecular weight is 290 g/mol. The van der Waals surface area contributed by atoms with E-state index >= 15 is 0 Å². The predicted octanol–water partition coefficient (Wildman–Crippen LogP) is 2.24. The number of fused-ring (bicyclic) bond motifs is 1. The summed E-state index contributed by atoms with van der Waals surface area (Å²) in [5, 5.41) is 6.45. The third-order valence-corrected chi connectivity index (χ3v) is 4.12. The molecule has 1 saturated carbocycles. The number of amides is 1. The average Bonchev–Trinajstić information content (AvgIpc) is 2.44. The molecule has 21 heavy (non-hydrogen) atoms. The molecule has 0 saturated heterocycles. The summed E-state index contributed by atoms with van der Waals surface area (Å²) in [6, 6.07) is 6.71. The molecule has 1 atom stereocenters. The molecule has 1 amide bonds. The van der Waals surface area contributed by atoms with E-state index in [2.05, 4.69) is 17.6 Å². The summed E-state index contributed by atoms with van der Waals surface area (Å²) in [5.74, 6) is 0.643. The molecule has 114 valence electrons. The lowest BCUT2D eigenvalue weighted by Crippen LogP contribution is -2.46. The van der Waals surface area contributed by atoms with Crippen LogP contribution in [-0.2, 0) is 9.53 Å². The van der Waals surface area contributed by atoms with E-state index in [1.165, 1.54) is 0 Å². The van der Waals surface area contributed by atoms with Crippen LogP contribution in [0.5, 0.6) is 5.75 Å². The Labute approximate surface area is 125 Å². The Morgan fingerprint density at radius 2 is 2.29 bits per heavy atom. The first-order chi connectivity index (χ1) is 10.2.